The summed E-state index contributed by atoms with van der Waals surface area (Å²) in [5, 5.41) is 6.96. The predicted molar refractivity (Wildman–Crippen MR) is 104 cm³/mol. The Balaban J connectivity index is 1.49. The number of rotatable bonds is 6. The van der Waals surface area contributed by atoms with Crippen molar-refractivity contribution in [1.82, 2.24) is 15.6 Å². The number of amides is 2. The normalized spacial score (nSPS) is 30.2. The second kappa shape index (κ2) is 6.75. The van der Waals surface area contributed by atoms with Crippen LogP contribution in [0.3, 0.4) is 0 Å². The fraction of sp³-hybridized carbons (Fsp3) is 0.632. The van der Waals surface area contributed by atoms with Gasteiger partial charge in [0, 0.05) is 6.54 Å². The molecule has 2 fully saturated rings. The summed E-state index contributed by atoms with van der Waals surface area (Å²) in [6.07, 6.45) is 8.39. The van der Waals surface area contributed by atoms with E-state index in [0.717, 1.165) is 21.6 Å². The van der Waals surface area contributed by atoms with E-state index in [1.165, 1.54) is 11.3 Å². The van der Waals surface area contributed by atoms with Crippen LogP contribution in [-0.4, -0.2) is 23.3 Å². The van der Waals surface area contributed by atoms with Crippen LogP contribution in [0.5, 0.6) is 0 Å². The molecule has 1 aromatic rings. The summed E-state index contributed by atoms with van der Waals surface area (Å²) in [4.78, 5) is 30.2. The molecule has 3 aliphatic carbocycles. The highest BCUT2D eigenvalue weighted by Crippen LogP contribution is 2.72. The van der Waals surface area contributed by atoms with Gasteiger partial charge in [0.05, 0.1) is 28.4 Å². The van der Waals surface area contributed by atoms with E-state index in [0.29, 0.717) is 19.0 Å². The number of carbonyl (C=O) groups excluding carboxylic acids is 2. The van der Waals surface area contributed by atoms with Crippen molar-refractivity contribution in [3.63, 3.8) is 0 Å². The van der Waals surface area contributed by atoms with Crippen molar-refractivity contribution >= 4 is 39.1 Å². The first-order valence-corrected chi connectivity index (χ1v) is 10.9. The highest BCUT2D eigenvalue weighted by molar-refractivity contribution is 9.11. The first-order chi connectivity index (χ1) is 12.4. The van der Waals surface area contributed by atoms with Gasteiger partial charge in [0.15, 0.2) is 0 Å². The average Bonchev–Trinajstić information content (AvgIpc) is 3.09. The second-order valence-electron chi connectivity index (χ2n) is 8.14. The largest absolute Gasteiger partial charge is 0.356 e. The maximum atomic E-state index is 13.0. The zero-order valence-corrected chi connectivity index (χ0v) is 17.4. The van der Waals surface area contributed by atoms with Crippen molar-refractivity contribution in [2.45, 2.75) is 33.2 Å². The van der Waals surface area contributed by atoms with Crippen molar-refractivity contribution < 1.29 is 9.59 Å². The Morgan fingerprint density at radius 1 is 1.23 bits per heavy atom. The predicted octanol–water partition coefficient (Wildman–Crippen LogP) is 3.12. The fourth-order valence-electron chi connectivity index (χ4n) is 4.78. The lowest BCUT2D eigenvalue weighted by molar-refractivity contribution is -0.135. The first kappa shape index (κ1) is 18.2. The minimum absolute atomic E-state index is 0.0101. The third kappa shape index (κ3) is 3.03. The van der Waals surface area contributed by atoms with Crippen LogP contribution in [0.4, 0.5) is 0 Å². The Morgan fingerprint density at radius 2 is 1.85 bits per heavy atom. The molecule has 2 N–H and O–H groups in total. The number of thiazole rings is 1. The Bertz CT molecular complexity index is 756. The molecule has 26 heavy (non-hydrogen) atoms. The highest BCUT2D eigenvalue weighted by Gasteiger charge is 2.69. The SMILES string of the molecule is CC(C)CNC(=O)[C@H]1[C@H](C(=O)NCc2ncc(Br)s2)[C@@H]2C=C[C@H]1C21CC1. The van der Waals surface area contributed by atoms with Gasteiger partial charge in [-0.1, -0.05) is 26.0 Å². The number of halogens is 1. The molecule has 0 radical (unpaired) electrons. The van der Waals surface area contributed by atoms with Gasteiger partial charge >= 0.3 is 0 Å². The number of nitrogens with one attached hydrogen (secondary N) is 2. The molecule has 4 atom stereocenters. The molecule has 0 unspecified atom stereocenters. The summed E-state index contributed by atoms with van der Waals surface area (Å²) in [5.74, 6) is 0.341. The van der Waals surface area contributed by atoms with Gasteiger partial charge < -0.3 is 10.6 Å². The zero-order chi connectivity index (χ0) is 18.5. The van der Waals surface area contributed by atoms with E-state index in [9.17, 15) is 9.59 Å². The number of nitrogens with zero attached hydrogens (tertiary/aromatic N) is 1. The van der Waals surface area contributed by atoms with E-state index in [1.54, 1.807) is 6.20 Å². The van der Waals surface area contributed by atoms with E-state index in [2.05, 4.69) is 57.5 Å². The van der Waals surface area contributed by atoms with Crippen LogP contribution >= 0.6 is 27.3 Å². The van der Waals surface area contributed by atoms with Gasteiger partial charge in [-0.3, -0.25) is 9.59 Å². The molecular formula is C19H24BrN3O2S. The summed E-state index contributed by atoms with van der Waals surface area (Å²) in [6.45, 7) is 5.24. The van der Waals surface area contributed by atoms with E-state index in [-0.39, 0.29) is 40.9 Å². The maximum absolute atomic E-state index is 13.0. The average molecular weight is 438 g/mol. The molecule has 140 valence electrons. The highest BCUT2D eigenvalue weighted by atomic mass is 79.9. The Labute approximate surface area is 166 Å². The number of hydrogen-bond acceptors (Lipinski definition) is 4. The topological polar surface area (TPSA) is 71.1 Å². The van der Waals surface area contributed by atoms with Crippen LogP contribution in [0.1, 0.15) is 31.7 Å². The van der Waals surface area contributed by atoms with Crippen molar-refractivity contribution in [3.8, 4) is 0 Å². The fourth-order valence-corrected chi connectivity index (χ4v) is 6.03. The van der Waals surface area contributed by atoms with E-state index in [1.807, 2.05) is 0 Å². The molecule has 0 aromatic carbocycles. The molecule has 5 nitrogen and oxygen atoms in total. The van der Waals surface area contributed by atoms with Crippen molar-refractivity contribution in [1.29, 1.82) is 0 Å². The van der Waals surface area contributed by atoms with Crippen LogP contribution in [0.25, 0.3) is 0 Å². The van der Waals surface area contributed by atoms with Gasteiger partial charge in [0.25, 0.3) is 0 Å². The molecule has 7 heteroatoms. The lowest BCUT2D eigenvalue weighted by Crippen LogP contribution is -2.44. The number of hydrogen-bond donors (Lipinski definition) is 2. The molecule has 0 aliphatic heterocycles. The summed E-state index contributed by atoms with van der Waals surface area (Å²) >= 11 is 4.91. The Hall–Kier alpha value is -1.21. The van der Waals surface area contributed by atoms with Gasteiger partial charge in [-0.2, -0.15) is 0 Å². The van der Waals surface area contributed by atoms with Gasteiger partial charge in [-0.15, -0.1) is 11.3 Å². The molecular weight excluding hydrogens is 414 g/mol. The van der Waals surface area contributed by atoms with Crippen LogP contribution in [0.2, 0.25) is 0 Å². The number of aromatic nitrogens is 1. The second-order valence-corrected chi connectivity index (χ2v) is 10.6. The molecule has 3 aliphatic rings. The van der Waals surface area contributed by atoms with E-state index >= 15 is 0 Å². The monoisotopic (exact) mass is 437 g/mol. The van der Waals surface area contributed by atoms with Gasteiger partial charge in [-0.05, 0) is 51.9 Å². The Morgan fingerprint density at radius 3 is 2.35 bits per heavy atom. The van der Waals surface area contributed by atoms with Crippen molar-refractivity contribution in [3.05, 3.63) is 27.1 Å². The zero-order valence-electron chi connectivity index (χ0n) is 15.0. The lowest BCUT2D eigenvalue weighted by atomic mass is 9.81. The van der Waals surface area contributed by atoms with Crippen LogP contribution in [0.15, 0.2) is 22.1 Å². The third-order valence-corrected chi connectivity index (χ3v) is 7.55. The molecule has 0 saturated heterocycles. The minimum atomic E-state index is -0.261. The molecule has 1 spiro atoms. The summed E-state index contributed by atoms with van der Waals surface area (Å²) in [6, 6.07) is 0. The molecule has 1 heterocycles. The third-order valence-electron chi connectivity index (χ3n) is 6.07. The molecule has 2 saturated carbocycles. The number of carbonyl (C=O) groups is 2. The van der Waals surface area contributed by atoms with Crippen LogP contribution in [0, 0.1) is 35.0 Å². The van der Waals surface area contributed by atoms with Crippen molar-refractivity contribution in [2.75, 3.05) is 6.54 Å². The Kier molecular flexibility index (Phi) is 4.72. The van der Waals surface area contributed by atoms with Crippen molar-refractivity contribution in [2.24, 2.45) is 35.0 Å². The minimum Gasteiger partial charge on any atom is -0.356 e. The van der Waals surface area contributed by atoms with E-state index in [4.69, 9.17) is 0 Å². The quantitative estimate of drug-likeness (QED) is 0.671. The molecule has 2 bridgehead atoms. The maximum Gasteiger partial charge on any atom is 0.224 e. The smallest absolute Gasteiger partial charge is 0.224 e. The molecule has 4 rings (SSSR count). The standard InChI is InChI=1S/C19H24BrN3O2S/c1-10(2)7-22-17(24)15-11-3-4-12(19(11)5-6-19)16(15)18(25)23-9-14-21-8-13(20)26-14/h3-4,8,10-12,15-16H,5-7,9H2,1-2H3,(H,22,24)(H,23,25)/t11-,12+,15-,16-/m1/s1. The number of allylic oxidation sites excluding steroid dienone is 2. The van der Waals surface area contributed by atoms with Gasteiger partial charge in [0.2, 0.25) is 11.8 Å². The summed E-state index contributed by atoms with van der Waals surface area (Å²) in [7, 11) is 0. The van der Waals surface area contributed by atoms with Gasteiger partial charge in [0.1, 0.15) is 5.01 Å². The molecule has 2 amide bonds. The molecule has 1 aromatic heterocycles. The lowest BCUT2D eigenvalue weighted by Gasteiger charge is -2.26. The van der Waals surface area contributed by atoms with Crippen LogP contribution in [-0.2, 0) is 16.1 Å². The summed E-state index contributed by atoms with van der Waals surface area (Å²) in [5.41, 5.74) is 0.173. The van der Waals surface area contributed by atoms with E-state index < -0.39 is 0 Å². The van der Waals surface area contributed by atoms with Gasteiger partial charge in [-0.25, -0.2) is 4.98 Å². The van der Waals surface area contributed by atoms with Crippen LogP contribution < -0.4 is 10.6 Å². The first-order valence-electron chi connectivity index (χ1n) is 9.26. The summed E-state index contributed by atoms with van der Waals surface area (Å²) < 4.78 is 0.951.